The molecule has 4 heterocycles. The molecule has 4 rings (SSSR count). The normalized spacial score (nSPS) is 14.9. The number of H-pyrrole nitrogens is 1. The number of pyridine rings is 2. The Hall–Kier alpha value is -2.70. The predicted molar refractivity (Wildman–Crippen MR) is 83.8 cm³/mol. The molecule has 1 fully saturated rings. The molecule has 0 bridgehead atoms. The van der Waals surface area contributed by atoms with E-state index >= 15 is 0 Å². The zero-order valence-corrected chi connectivity index (χ0v) is 12.3. The van der Waals surface area contributed by atoms with Crippen molar-refractivity contribution in [2.45, 2.75) is 12.8 Å². The molecule has 1 N–H and O–H groups in total. The largest absolute Gasteiger partial charge is 0.360 e. The zero-order chi connectivity index (χ0) is 15.1. The zero-order valence-electron chi connectivity index (χ0n) is 12.3. The molecule has 1 aliphatic rings. The first-order chi connectivity index (χ1) is 10.8. The first-order valence-electron chi connectivity index (χ1n) is 7.36. The SMILES string of the molecule is Cn1c(-c2c[nH]c3ccncc3c2=O)nnc1N1CCCC1. The van der Waals surface area contributed by atoms with Crippen LogP contribution in [0.25, 0.3) is 22.3 Å². The van der Waals surface area contributed by atoms with Crippen molar-refractivity contribution >= 4 is 16.9 Å². The van der Waals surface area contributed by atoms with E-state index in [1.54, 1.807) is 24.7 Å². The Labute approximate surface area is 126 Å². The van der Waals surface area contributed by atoms with E-state index in [2.05, 4.69) is 25.1 Å². The van der Waals surface area contributed by atoms with Gasteiger partial charge in [-0.25, -0.2) is 0 Å². The molecule has 0 aliphatic carbocycles. The maximum Gasteiger partial charge on any atom is 0.227 e. The Kier molecular flexibility index (Phi) is 2.92. The molecule has 7 heteroatoms. The van der Waals surface area contributed by atoms with Gasteiger partial charge in [-0.3, -0.25) is 14.3 Å². The molecule has 3 aromatic rings. The van der Waals surface area contributed by atoms with Crippen LogP contribution in [0.5, 0.6) is 0 Å². The van der Waals surface area contributed by atoms with Gasteiger partial charge >= 0.3 is 0 Å². The van der Waals surface area contributed by atoms with Gasteiger partial charge in [-0.05, 0) is 18.9 Å². The van der Waals surface area contributed by atoms with Crippen LogP contribution in [0.15, 0.2) is 29.5 Å². The number of hydrogen-bond donors (Lipinski definition) is 1. The van der Waals surface area contributed by atoms with Crippen molar-refractivity contribution in [1.29, 1.82) is 0 Å². The van der Waals surface area contributed by atoms with Gasteiger partial charge in [0.1, 0.15) is 0 Å². The summed E-state index contributed by atoms with van der Waals surface area (Å²) in [5.74, 6) is 1.40. The van der Waals surface area contributed by atoms with Gasteiger partial charge in [0.05, 0.1) is 16.5 Å². The third-order valence-electron chi connectivity index (χ3n) is 4.16. The second-order valence-corrected chi connectivity index (χ2v) is 5.53. The monoisotopic (exact) mass is 296 g/mol. The molecular formula is C15H16N6O. The Morgan fingerprint density at radius 3 is 2.86 bits per heavy atom. The van der Waals surface area contributed by atoms with Crippen molar-refractivity contribution in [1.82, 2.24) is 24.7 Å². The second kappa shape index (κ2) is 4.94. The van der Waals surface area contributed by atoms with Gasteiger partial charge < -0.3 is 9.88 Å². The fourth-order valence-electron chi connectivity index (χ4n) is 2.98. The standard InChI is InChI=1S/C15H16N6O/c1-20-14(18-19-15(20)21-6-2-3-7-21)11-9-17-12-4-5-16-8-10(12)13(11)22/h4-5,8-9H,2-3,6-7H2,1H3,(H,17,22). The lowest BCUT2D eigenvalue weighted by atomic mass is 10.2. The highest BCUT2D eigenvalue weighted by Crippen LogP contribution is 2.22. The van der Waals surface area contributed by atoms with Gasteiger partial charge in [0, 0.05) is 38.7 Å². The van der Waals surface area contributed by atoms with Gasteiger partial charge in [-0.2, -0.15) is 0 Å². The summed E-state index contributed by atoms with van der Waals surface area (Å²) in [7, 11) is 1.90. The number of nitrogens with one attached hydrogen (secondary N) is 1. The highest BCUT2D eigenvalue weighted by molar-refractivity contribution is 5.81. The molecule has 0 aromatic carbocycles. The average Bonchev–Trinajstić information content (AvgIpc) is 3.18. The van der Waals surface area contributed by atoms with Crippen LogP contribution in [0, 0.1) is 0 Å². The summed E-state index contributed by atoms with van der Waals surface area (Å²) in [4.78, 5) is 22.0. The fraction of sp³-hybridized carbons (Fsp3) is 0.333. The van der Waals surface area contributed by atoms with Crippen molar-refractivity contribution in [2.75, 3.05) is 18.0 Å². The number of aromatic nitrogens is 5. The van der Waals surface area contributed by atoms with Crippen LogP contribution in [-0.4, -0.2) is 37.8 Å². The number of rotatable bonds is 2. The highest BCUT2D eigenvalue weighted by atomic mass is 16.1. The molecule has 22 heavy (non-hydrogen) atoms. The topological polar surface area (TPSA) is 79.7 Å². The van der Waals surface area contributed by atoms with Crippen LogP contribution in [0.1, 0.15) is 12.8 Å². The first-order valence-corrected chi connectivity index (χ1v) is 7.36. The third-order valence-corrected chi connectivity index (χ3v) is 4.16. The van der Waals surface area contributed by atoms with Gasteiger partial charge in [0.25, 0.3) is 0 Å². The summed E-state index contributed by atoms with van der Waals surface area (Å²) in [5, 5.41) is 9.06. The summed E-state index contributed by atoms with van der Waals surface area (Å²) >= 11 is 0. The van der Waals surface area contributed by atoms with E-state index in [-0.39, 0.29) is 5.43 Å². The number of nitrogens with zero attached hydrogens (tertiary/aromatic N) is 5. The van der Waals surface area contributed by atoms with Crippen LogP contribution >= 0.6 is 0 Å². The molecule has 3 aromatic heterocycles. The lowest BCUT2D eigenvalue weighted by molar-refractivity contribution is 0.825. The van der Waals surface area contributed by atoms with Crippen LogP contribution in [0.4, 0.5) is 5.95 Å². The molecule has 0 amide bonds. The van der Waals surface area contributed by atoms with Crippen LogP contribution in [0.3, 0.4) is 0 Å². The smallest absolute Gasteiger partial charge is 0.227 e. The van der Waals surface area contributed by atoms with E-state index in [0.717, 1.165) is 24.6 Å². The summed E-state index contributed by atoms with van der Waals surface area (Å²) in [6.07, 6.45) is 7.28. The highest BCUT2D eigenvalue weighted by Gasteiger charge is 2.21. The Morgan fingerprint density at radius 1 is 1.23 bits per heavy atom. The summed E-state index contributed by atoms with van der Waals surface area (Å²) in [5.41, 5.74) is 1.21. The third kappa shape index (κ3) is 1.89. The van der Waals surface area contributed by atoms with Crippen molar-refractivity contribution in [3.8, 4) is 11.4 Å². The minimum absolute atomic E-state index is 0.0784. The maximum absolute atomic E-state index is 12.7. The lowest BCUT2D eigenvalue weighted by Gasteiger charge is -2.15. The van der Waals surface area contributed by atoms with E-state index < -0.39 is 0 Å². The molecule has 1 saturated heterocycles. The van der Waals surface area contributed by atoms with Crippen LogP contribution < -0.4 is 10.3 Å². The van der Waals surface area contributed by atoms with Crippen LogP contribution in [-0.2, 0) is 7.05 Å². The molecule has 7 nitrogen and oxygen atoms in total. The van der Waals surface area contributed by atoms with E-state index in [1.165, 1.54) is 12.8 Å². The van der Waals surface area contributed by atoms with Crippen molar-refractivity contribution in [3.05, 3.63) is 34.9 Å². The van der Waals surface area contributed by atoms with Gasteiger partial charge in [0.15, 0.2) is 5.82 Å². The molecule has 1 aliphatic heterocycles. The van der Waals surface area contributed by atoms with Crippen molar-refractivity contribution in [3.63, 3.8) is 0 Å². The summed E-state index contributed by atoms with van der Waals surface area (Å²) in [6.45, 7) is 1.98. The Morgan fingerprint density at radius 2 is 2.05 bits per heavy atom. The molecule has 0 radical (unpaired) electrons. The number of hydrogen-bond acceptors (Lipinski definition) is 5. The minimum atomic E-state index is -0.0784. The molecule has 0 saturated carbocycles. The molecular weight excluding hydrogens is 280 g/mol. The first kappa shape index (κ1) is 13.0. The predicted octanol–water partition coefficient (Wildman–Crippen LogP) is 1.32. The quantitative estimate of drug-likeness (QED) is 0.771. The molecule has 112 valence electrons. The van der Waals surface area contributed by atoms with E-state index in [9.17, 15) is 4.79 Å². The maximum atomic E-state index is 12.7. The van der Waals surface area contributed by atoms with Gasteiger partial charge in [-0.15, -0.1) is 10.2 Å². The summed E-state index contributed by atoms with van der Waals surface area (Å²) < 4.78 is 1.89. The van der Waals surface area contributed by atoms with Gasteiger partial charge in [0.2, 0.25) is 11.4 Å². The second-order valence-electron chi connectivity index (χ2n) is 5.53. The number of anilines is 1. The fourth-order valence-corrected chi connectivity index (χ4v) is 2.98. The van der Waals surface area contributed by atoms with Gasteiger partial charge in [-0.1, -0.05) is 0 Å². The number of aromatic amines is 1. The number of fused-ring (bicyclic) bond motifs is 1. The Balaban J connectivity index is 1.86. The summed E-state index contributed by atoms with van der Waals surface area (Å²) in [6, 6.07) is 1.78. The van der Waals surface area contributed by atoms with Crippen LogP contribution in [0.2, 0.25) is 0 Å². The minimum Gasteiger partial charge on any atom is -0.360 e. The van der Waals surface area contributed by atoms with Crippen molar-refractivity contribution in [2.24, 2.45) is 7.05 Å². The van der Waals surface area contributed by atoms with E-state index in [4.69, 9.17) is 0 Å². The average molecular weight is 296 g/mol. The molecule has 0 spiro atoms. The molecule has 0 atom stereocenters. The lowest BCUT2D eigenvalue weighted by Crippen LogP contribution is -2.21. The van der Waals surface area contributed by atoms with Crippen molar-refractivity contribution < 1.29 is 0 Å². The van der Waals surface area contributed by atoms with E-state index in [1.807, 2.05) is 11.6 Å². The molecule has 0 unspecified atom stereocenters. The Bertz CT molecular complexity index is 890. The van der Waals surface area contributed by atoms with E-state index in [0.29, 0.717) is 16.8 Å².